The second-order valence-electron chi connectivity index (χ2n) is 8.46. The molecule has 2 saturated heterocycles. The Balaban J connectivity index is 1.58. The number of primary amides is 1. The molecule has 0 radical (unpaired) electrons. The van der Waals surface area contributed by atoms with Crippen LogP contribution in [0.25, 0.3) is 0 Å². The SMILES string of the molecule is COc1ccc(CN2C(=O)[C@@H]3C(CC(N)=O)NC4(C(=O)Nc5c(Cl)cccc54)[C@@H]3C2=O)cc1. The number of halogens is 1. The lowest BCUT2D eigenvalue weighted by Crippen LogP contribution is -2.53. The van der Waals surface area contributed by atoms with Crippen LogP contribution in [-0.4, -0.2) is 41.7 Å². The van der Waals surface area contributed by atoms with Crippen molar-refractivity contribution >= 4 is 40.9 Å². The summed E-state index contributed by atoms with van der Waals surface area (Å²) in [5.74, 6) is -3.35. The Morgan fingerprint density at radius 1 is 1.15 bits per heavy atom. The number of benzene rings is 2. The van der Waals surface area contributed by atoms with Crippen molar-refractivity contribution < 1.29 is 23.9 Å². The number of carbonyl (C=O) groups excluding carboxylic acids is 4. The Morgan fingerprint density at radius 2 is 1.88 bits per heavy atom. The molecule has 0 aliphatic carbocycles. The van der Waals surface area contributed by atoms with Crippen LogP contribution in [0.5, 0.6) is 5.75 Å². The lowest BCUT2D eigenvalue weighted by Gasteiger charge is -2.29. The number of amides is 4. The summed E-state index contributed by atoms with van der Waals surface area (Å²) in [5, 5.41) is 6.21. The molecule has 0 saturated carbocycles. The predicted molar refractivity (Wildman–Crippen MR) is 118 cm³/mol. The number of nitrogens with one attached hydrogen (secondary N) is 2. The highest BCUT2D eigenvalue weighted by molar-refractivity contribution is 6.35. The van der Waals surface area contributed by atoms with Crippen molar-refractivity contribution in [2.45, 2.75) is 24.5 Å². The van der Waals surface area contributed by atoms with Crippen molar-refractivity contribution in [2.75, 3.05) is 12.4 Å². The highest BCUT2D eigenvalue weighted by atomic mass is 35.5. The molecule has 170 valence electrons. The van der Waals surface area contributed by atoms with Gasteiger partial charge in [-0.25, -0.2) is 0 Å². The Hall–Kier alpha value is -3.43. The van der Waals surface area contributed by atoms with E-state index >= 15 is 0 Å². The summed E-state index contributed by atoms with van der Waals surface area (Å²) in [5.41, 5.74) is 5.52. The number of ether oxygens (including phenoxy) is 1. The third kappa shape index (κ3) is 3.03. The zero-order valence-corrected chi connectivity index (χ0v) is 18.4. The van der Waals surface area contributed by atoms with E-state index in [-0.39, 0.29) is 13.0 Å². The normalized spacial score (nSPS) is 27.6. The Labute approximate surface area is 194 Å². The van der Waals surface area contributed by atoms with Crippen LogP contribution in [0.15, 0.2) is 42.5 Å². The Kier molecular flexibility index (Phi) is 4.91. The molecule has 9 nitrogen and oxygen atoms in total. The van der Waals surface area contributed by atoms with Gasteiger partial charge in [-0.2, -0.15) is 0 Å². The molecule has 1 spiro atoms. The van der Waals surface area contributed by atoms with Gasteiger partial charge in [0.2, 0.25) is 23.6 Å². The van der Waals surface area contributed by atoms with Gasteiger partial charge in [0.15, 0.2) is 0 Å². The molecule has 3 aliphatic heterocycles. The maximum atomic E-state index is 13.7. The number of likely N-dealkylation sites (tertiary alicyclic amines) is 1. The molecule has 3 aliphatic rings. The molecule has 0 bridgehead atoms. The predicted octanol–water partition coefficient (Wildman–Crippen LogP) is 1.14. The quantitative estimate of drug-likeness (QED) is 0.564. The number of fused-ring (bicyclic) bond motifs is 4. The van der Waals surface area contributed by atoms with Crippen LogP contribution in [0.3, 0.4) is 0 Å². The highest BCUT2D eigenvalue weighted by Crippen LogP contribution is 2.54. The van der Waals surface area contributed by atoms with Crippen molar-refractivity contribution in [2.24, 2.45) is 17.6 Å². The van der Waals surface area contributed by atoms with E-state index in [9.17, 15) is 19.2 Å². The molecule has 4 amide bonds. The fourth-order valence-corrected chi connectivity index (χ4v) is 5.54. The number of methoxy groups -OCH3 is 1. The summed E-state index contributed by atoms with van der Waals surface area (Å²) >= 11 is 6.30. The van der Waals surface area contributed by atoms with Crippen molar-refractivity contribution in [1.29, 1.82) is 0 Å². The van der Waals surface area contributed by atoms with E-state index in [1.807, 2.05) is 0 Å². The highest BCUT2D eigenvalue weighted by Gasteiger charge is 2.70. The molecule has 2 fully saturated rings. The van der Waals surface area contributed by atoms with Crippen molar-refractivity contribution in [3.63, 3.8) is 0 Å². The first-order valence-corrected chi connectivity index (χ1v) is 10.8. The molecule has 2 unspecified atom stereocenters. The summed E-state index contributed by atoms with van der Waals surface area (Å²) < 4.78 is 5.16. The third-order valence-corrected chi connectivity index (χ3v) is 7.03. The van der Waals surface area contributed by atoms with Crippen LogP contribution in [-0.2, 0) is 31.3 Å². The van der Waals surface area contributed by atoms with Gasteiger partial charge in [0.05, 0.1) is 36.2 Å². The standard InChI is InChI=1S/C23H21ClN4O5/c1-33-12-7-5-11(6-8-12)10-28-20(30)17-15(9-16(25)29)27-23(18(17)21(28)31)13-3-2-4-14(24)19(13)26-22(23)32/h2-8,15,17-18,27H,9-10H2,1H3,(H2,25,29)(H,26,32)/t15?,17-,18+,23?/m1/s1. The first-order chi connectivity index (χ1) is 15.8. The first-order valence-electron chi connectivity index (χ1n) is 10.4. The Bertz CT molecular complexity index is 1200. The number of carbonyl (C=O) groups is 4. The number of anilines is 1. The molecule has 10 heteroatoms. The van der Waals surface area contributed by atoms with Crippen LogP contribution in [0.2, 0.25) is 5.02 Å². The van der Waals surface area contributed by atoms with Gasteiger partial charge in [-0.15, -0.1) is 0 Å². The molecule has 2 aromatic rings. The largest absolute Gasteiger partial charge is 0.497 e. The molecule has 3 heterocycles. The lowest BCUT2D eigenvalue weighted by molar-refractivity contribution is -0.143. The zero-order chi connectivity index (χ0) is 23.5. The van der Waals surface area contributed by atoms with Gasteiger partial charge < -0.3 is 15.8 Å². The molecule has 2 aromatic carbocycles. The van der Waals surface area contributed by atoms with Crippen molar-refractivity contribution in [3.05, 3.63) is 58.6 Å². The van der Waals surface area contributed by atoms with Crippen LogP contribution in [0.4, 0.5) is 5.69 Å². The van der Waals surface area contributed by atoms with Crippen LogP contribution < -0.4 is 21.1 Å². The van der Waals surface area contributed by atoms with E-state index in [1.165, 1.54) is 0 Å². The second-order valence-corrected chi connectivity index (χ2v) is 8.87. The van der Waals surface area contributed by atoms with Crippen LogP contribution in [0.1, 0.15) is 17.5 Å². The van der Waals surface area contributed by atoms with Crippen molar-refractivity contribution in [1.82, 2.24) is 10.2 Å². The topological polar surface area (TPSA) is 131 Å². The average molecular weight is 469 g/mol. The van der Waals surface area contributed by atoms with Crippen LogP contribution in [0, 0.1) is 11.8 Å². The van der Waals surface area contributed by atoms with Crippen LogP contribution >= 0.6 is 11.6 Å². The number of rotatable bonds is 5. The minimum atomic E-state index is -1.52. The summed E-state index contributed by atoms with van der Waals surface area (Å²) in [4.78, 5) is 53.4. The maximum absolute atomic E-state index is 13.7. The van der Waals surface area contributed by atoms with Gasteiger partial charge in [-0.1, -0.05) is 35.9 Å². The average Bonchev–Trinajstić information content (AvgIpc) is 3.35. The number of nitrogens with two attached hydrogens (primary N) is 1. The number of nitrogens with zero attached hydrogens (tertiary/aromatic N) is 1. The van der Waals surface area contributed by atoms with Gasteiger partial charge in [-0.3, -0.25) is 29.4 Å². The smallest absolute Gasteiger partial charge is 0.250 e. The molecule has 4 atom stereocenters. The number of para-hydroxylation sites is 1. The van der Waals surface area contributed by atoms with Crippen molar-refractivity contribution in [3.8, 4) is 5.75 Å². The molecular formula is C23H21ClN4O5. The zero-order valence-electron chi connectivity index (χ0n) is 17.6. The molecule has 5 rings (SSSR count). The van der Waals surface area contributed by atoms with Gasteiger partial charge in [-0.05, 0) is 23.8 Å². The molecule has 33 heavy (non-hydrogen) atoms. The summed E-state index contributed by atoms with van der Waals surface area (Å²) in [6.07, 6.45) is -0.193. The number of hydrogen-bond donors (Lipinski definition) is 3. The fraction of sp³-hybridized carbons (Fsp3) is 0.304. The van der Waals surface area contributed by atoms with Gasteiger partial charge >= 0.3 is 0 Å². The molecule has 4 N–H and O–H groups in total. The van der Waals surface area contributed by atoms with E-state index in [0.717, 1.165) is 10.5 Å². The maximum Gasteiger partial charge on any atom is 0.250 e. The first kappa shape index (κ1) is 21.4. The molecular weight excluding hydrogens is 448 g/mol. The Morgan fingerprint density at radius 3 is 2.55 bits per heavy atom. The number of imide groups is 1. The van der Waals surface area contributed by atoms with E-state index in [1.54, 1.807) is 49.6 Å². The second kappa shape index (κ2) is 7.57. The van der Waals surface area contributed by atoms with E-state index in [0.29, 0.717) is 22.0 Å². The van der Waals surface area contributed by atoms with Gasteiger partial charge in [0.25, 0.3) is 0 Å². The van der Waals surface area contributed by atoms with Gasteiger partial charge in [0, 0.05) is 18.0 Å². The fourth-order valence-electron chi connectivity index (χ4n) is 5.31. The monoisotopic (exact) mass is 468 g/mol. The van der Waals surface area contributed by atoms with E-state index in [2.05, 4.69) is 10.6 Å². The lowest BCUT2D eigenvalue weighted by atomic mass is 9.76. The summed E-state index contributed by atoms with van der Waals surface area (Å²) in [6.45, 7) is 0.0397. The molecule has 0 aromatic heterocycles. The minimum Gasteiger partial charge on any atom is -0.497 e. The van der Waals surface area contributed by atoms with Gasteiger partial charge in [0.1, 0.15) is 11.3 Å². The summed E-state index contributed by atoms with van der Waals surface area (Å²) in [7, 11) is 1.55. The number of hydrogen-bond acceptors (Lipinski definition) is 6. The minimum absolute atomic E-state index is 0.0397. The van der Waals surface area contributed by atoms with E-state index < -0.39 is 47.0 Å². The third-order valence-electron chi connectivity index (χ3n) is 6.71. The summed E-state index contributed by atoms with van der Waals surface area (Å²) in [6, 6.07) is 11.2. The van der Waals surface area contributed by atoms with E-state index in [4.69, 9.17) is 22.1 Å².